The molecule has 1 aliphatic rings. The van der Waals surface area contributed by atoms with Crippen molar-refractivity contribution < 1.29 is 4.79 Å². The SMILES string of the molecule is Cc1ccc(CNC(=O)N[C@@H]2CC[C@H](N(C)C)C2)c(N(C)C)c1. The van der Waals surface area contributed by atoms with Crippen LogP contribution in [0, 0.1) is 6.92 Å². The number of hydrogen-bond acceptors (Lipinski definition) is 3. The number of amides is 2. The molecule has 2 amide bonds. The summed E-state index contributed by atoms with van der Waals surface area (Å²) in [6.07, 6.45) is 3.25. The molecule has 128 valence electrons. The number of benzene rings is 1. The third-order valence-electron chi connectivity index (χ3n) is 4.63. The van der Waals surface area contributed by atoms with Gasteiger partial charge in [0, 0.05) is 38.4 Å². The quantitative estimate of drug-likeness (QED) is 0.876. The minimum absolute atomic E-state index is 0.0697. The minimum atomic E-state index is -0.0697. The predicted molar refractivity (Wildman–Crippen MR) is 96.0 cm³/mol. The predicted octanol–water partition coefficient (Wildman–Crippen LogP) is 2.34. The van der Waals surface area contributed by atoms with Crippen molar-refractivity contribution in [3.05, 3.63) is 29.3 Å². The number of urea groups is 1. The van der Waals surface area contributed by atoms with E-state index in [2.05, 4.69) is 59.7 Å². The van der Waals surface area contributed by atoms with E-state index in [9.17, 15) is 4.79 Å². The lowest BCUT2D eigenvalue weighted by atomic mass is 10.1. The molecule has 0 bridgehead atoms. The molecule has 2 rings (SSSR count). The second kappa shape index (κ2) is 7.68. The largest absolute Gasteiger partial charge is 0.377 e. The molecule has 1 aliphatic carbocycles. The maximum Gasteiger partial charge on any atom is 0.315 e. The van der Waals surface area contributed by atoms with Crippen molar-refractivity contribution in [3.8, 4) is 0 Å². The zero-order chi connectivity index (χ0) is 17.0. The molecule has 0 saturated heterocycles. The first-order valence-electron chi connectivity index (χ1n) is 8.34. The van der Waals surface area contributed by atoms with Crippen LogP contribution in [-0.2, 0) is 6.54 Å². The third kappa shape index (κ3) is 4.86. The summed E-state index contributed by atoms with van der Waals surface area (Å²) in [7, 11) is 8.26. The molecule has 2 N–H and O–H groups in total. The number of carbonyl (C=O) groups excluding carboxylic acids is 1. The Kier molecular flexibility index (Phi) is 5.88. The van der Waals surface area contributed by atoms with Crippen molar-refractivity contribution in [2.24, 2.45) is 0 Å². The van der Waals surface area contributed by atoms with Gasteiger partial charge in [-0.2, -0.15) is 0 Å². The lowest BCUT2D eigenvalue weighted by molar-refractivity contribution is 0.235. The Labute approximate surface area is 140 Å². The van der Waals surface area contributed by atoms with Gasteiger partial charge >= 0.3 is 6.03 Å². The summed E-state index contributed by atoms with van der Waals surface area (Å²) in [4.78, 5) is 16.5. The number of carbonyl (C=O) groups is 1. The first-order chi connectivity index (χ1) is 10.9. The summed E-state index contributed by atoms with van der Waals surface area (Å²) in [5, 5.41) is 6.10. The van der Waals surface area contributed by atoms with Crippen molar-refractivity contribution in [1.82, 2.24) is 15.5 Å². The summed E-state index contributed by atoms with van der Waals surface area (Å²) in [5.74, 6) is 0. The Balaban J connectivity index is 1.86. The van der Waals surface area contributed by atoms with Crippen LogP contribution in [0.25, 0.3) is 0 Å². The number of nitrogens with zero attached hydrogens (tertiary/aromatic N) is 2. The van der Waals surface area contributed by atoms with E-state index < -0.39 is 0 Å². The summed E-state index contributed by atoms with van der Waals surface area (Å²) < 4.78 is 0. The van der Waals surface area contributed by atoms with E-state index in [1.165, 1.54) is 5.56 Å². The molecule has 5 nitrogen and oxygen atoms in total. The average molecular weight is 318 g/mol. The molecular weight excluding hydrogens is 288 g/mol. The monoisotopic (exact) mass is 318 g/mol. The maximum absolute atomic E-state index is 12.1. The van der Waals surface area contributed by atoms with E-state index in [1.807, 2.05) is 14.1 Å². The van der Waals surface area contributed by atoms with Crippen LogP contribution in [0.5, 0.6) is 0 Å². The molecular formula is C18H30N4O. The normalized spacial score (nSPS) is 20.6. The summed E-state index contributed by atoms with van der Waals surface area (Å²) >= 11 is 0. The fourth-order valence-corrected chi connectivity index (χ4v) is 3.21. The smallest absolute Gasteiger partial charge is 0.315 e. The zero-order valence-electron chi connectivity index (χ0n) is 15.0. The average Bonchev–Trinajstić information content (AvgIpc) is 2.94. The van der Waals surface area contributed by atoms with Gasteiger partial charge in [0.1, 0.15) is 0 Å². The molecule has 1 aromatic carbocycles. The molecule has 0 aliphatic heterocycles. The van der Waals surface area contributed by atoms with Crippen molar-refractivity contribution >= 4 is 11.7 Å². The van der Waals surface area contributed by atoms with Gasteiger partial charge in [-0.25, -0.2) is 4.79 Å². The van der Waals surface area contributed by atoms with E-state index in [0.29, 0.717) is 12.6 Å². The Morgan fingerprint density at radius 1 is 1.22 bits per heavy atom. The molecule has 0 heterocycles. The van der Waals surface area contributed by atoms with Crippen LogP contribution >= 0.6 is 0 Å². The van der Waals surface area contributed by atoms with Crippen LogP contribution in [0.15, 0.2) is 18.2 Å². The van der Waals surface area contributed by atoms with E-state index >= 15 is 0 Å². The van der Waals surface area contributed by atoms with E-state index in [0.717, 1.165) is 30.5 Å². The van der Waals surface area contributed by atoms with Gasteiger partial charge < -0.3 is 20.4 Å². The van der Waals surface area contributed by atoms with Gasteiger partial charge in [-0.05, 0) is 57.5 Å². The lowest BCUT2D eigenvalue weighted by Gasteiger charge is -2.20. The van der Waals surface area contributed by atoms with Gasteiger partial charge in [0.25, 0.3) is 0 Å². The zero-order valence-corrected chi connectivity index (χ0v) is 15.0. The summed E-state index contributed by atoms with van der Waals surface area (Å²) in [5.41, 5.74) is 3.51. The number of rotatable bonds is 5. The molecule has 0 aromatic heterocycles. The Morgan fingerprint density at radius 2 is 1.96 bits per heavy atom. The second-order valence-corrected chi connectivity index (χ2v) is 6.98. The number of hydrogen-bond donors (Lipinski definition) is 2. The van der Waals surface area contributed by atoms with E-state index in [-0.39, 0.29) is 12.1 Å². The van der Waals surface area contributed by atoms with Crippen LogP contribution in [-0.4, -0.2) is 51.2 Å². The molecule has 0 radical (unpaired) electrons. The third-order valence-corrected chi connectivity index (χ3v) is 4.63. The highest BCUT2D eigenvalue weighted by Gasteiger charge is 2.26. The van der Waals surface area contributed by atoms with Crippen molar-refractivity contribution in [3.63, 3.8) is 0 Å². The van der Waals surface area contributed by atoms with Gasteiger partial charge in [-0.1, -0.05) is 12.1 Å². The van der Waals surface area contributed by atoms with E-state index in [1.54, 1.807) is 0 Å². The van der Waals surface area contributed by atoms with Gasteiger partial charge in [0.05, 0.1) is 0 Å². The summed E-state index contributed by atoms with van der Waals surface area (Å²) in [6.45, 7) is 2.63. The van der Waals surface area contributed by atoms with Crippen molar-refractivity contribution in [1.29, 1.82) is 0 Å². The molecule has 2 atom stereocenters. The second-order valence-electron chi connectivity index (χ2n) is 6.98. The Hall–Kier alpha value is -1.75. The molecule has 0 spiro atoms. The van der Waals surface area contributed by atoms with Gasteiger partial charge in [0.2, 0.25) is 0 Å². The molecule has 0 unspecified atom stereocenters. The number of aryl methyl sites for hydroxylation is 1. The van der Waals surface area contributed by atoms with Crippen molar-refractivity contribution in [2.45, 2.75) is 44.8 Å². The fourth-order valence-electron chi connectivity index (χ4n) is 3.21. The highest BCUT2D eigenvalue weighted by atomic mass is 16.2. The number of anilines is 1. The van der Waals surface area contributed by atoms with Crippen molar-refractivity contribution in [2.75, 3.05) is 33.1 Å². The van der Waals surface area contributed by atoms with Gasteiger partial charge in [-0.3, -0.25) is 0 Å². The standard InChI is InChI=1S/C18H30N4O/c1-13-6-7-14(17(10-13)22(4)5)12-19-18(23)20-15-8-9-16(11-15)21(2)3/h6-7,10,15-16H,8-9,11-12H2,1-5H3,(H2,19,20,23)/t15-,16+/m1/s1. The topological polar surface area (TPSA) is 47.6 Å². The first kappa shape index (κ1) is 17.6. The molecule has 1 aromatic rings. The Morgan fingerprint density at radius 3 is 2.57 bits per heavy atom. The minimum Gasteiger partial charge on any atom is -0.377 e. The maximum atomic E-state index is 12.1. The van der Waals surface area contributed by atoms with Crippen LogP contribution in [0.4, 0.5) is 10.5 Å². The fraction of sp³-hybridized carbons (Fsp3) is 0.611. The molecule has 1 fully saturated rings. The molecule has 1 saturated carbocycles. The van der Waals surface area contributed by atoms with Crippen LogP contribution in [0.2, 0.25) is 0 Å². The van der Waals surface area contributed by atoms with Crippen LogP contribution < -0.4 is 15.5 Å². The molecule has 5 heteroatoms. The highest BCUT2D eigenvalue weighted by molar-refractivity contribution is 5.74. The van der Waals surface area contributed by atoms with Gasteiger partial charge in [-0.15, -0.1) is 0 Å². The summed E-state index contributed by atoms with van der Waals surface area (Å²) in [6, 6.07) is 7.11. The number of nitrogens with one attached hydrogen (secondary N) is 2. The van der Waals surface area contributed by atoms with Crippen LogP contribution in [0.1, 0.15) is 30.4 Å². The van der Waals surface area contributed by atoms with E-state index in [4.69, 9.17) is 0 Å². The van der Waals surface area contributed by atoms with Crippen LogP contribution in [0.3, 0.4) is 0 Å². The first-order valence-corrected chi connectivity index (χ1v) is 8.34. The Bertz CT molecular complexity index is 542. The lowest BCUT2D eigenvalue weighted by Crippen LogP contribution is -2.41. The highest BCUT2D eigenvalue weighted by Crippen LogP contribution is 2.22. The van der Waals surface area contributed by atoms with Gasteiger partial charge in [0.15, 0.2) is 0 Å². The molecule has 23 heavy (non-hydrogen) atoms.